The zero-order chi connectivity index (χ0) is 16.3. The summed E-state index contributed by atoms with van der Waals surface area (Å²) in [7, 11) is 0. The molecule has 5 heteroatoms. The van der Waals surface area contributed by atoms with Crippen molar-refractivity contribution in [3.8, 4) is 6.07 Å². The molecule has 1 heterocycles. The van der Waals surface area contributed by atoms with Gasteiger partial charge in [-0.2, -0.15) is 10.4 Å². The van der Waals surface area contributed by atoms with Crippen molar-refractivity contribution in [1.29, 1.82) is 5.26 Å². The summed E-state index contributed by atoms with van der Waals surface area (Å²) in [6, 6.07) is 2.24. The van der Waals surface area contributed by atoms with Crippen LogP contribution in [-0.2, 0) is 4.74 Å². The van der Waals surface area contributed by atoms with Gasteiger partial charge < -0.3 is 9.84 Å². The van der Waals surface area contributed by atoms with Gasteiger partial charge in [0.2, 0.25) is 0 Å². The van der Waals surface area contributed by atoms with Gasteiger partial charge in [0.15, 0.2) is 0 Å². The first-order valence-corrected chi connectivity index (χ1v) is 7.93. The number of fused-ring (bicyclic) bond motifs is 1. The summed E-state index contributed by atoms with van der Waals surface area (Å²) in [6.45, 7) is 11.3. The Bertz CT molecular complexity index is 627. The highest BCUT2D eigenvalue weighted by Gasteiger charge is 2.86. The number of aromatic nitrogens is 2. The quantitative estimate of drug-likeness (QED) is 0.875. The minimum Gasteiger partial charge on any atom is -0.388 e. The Morgan fingerprint density at radius 2 is 2.14 bits per heavy atom. The van der Waals surface area contributed by atoms with Gasteiger partial charge in [0.25, 0.3) is 0 Å². The number of rotatable bonds is 5. The van der Waals surface area contributed by atoms with E-state index in [1.807, 2.05) is 0 Å². The maximum atomic E-state index is 9.85. The lowest BCUT2D eigenvalue weighted by Gasteiger charge is -2.46. The molecule has 2 saturated carbocycles. The van der Waals surface area contributed by atoms with E-state index in [1.165, 1.54) is 0 Å². The first kappa shape index (κ1) is 15.5. The van der Waals surface area contributed by atoms with E-state index in [0.717, 1.165) is 5.69 Å². The first-order valence-electron chi connectivity index (χ1n) is 7.93. The first-order chi connectivity index (χ1) is 10.2. The number of nitriles is 1. The molecule has 0 bridgehead atoms. The van der Waals surface area contributed by atoms with E-state index in [2.05, 4.69) is 37.0 Å². The van der Waals surface area contributed by atoms with E-state index in [-0.39, 0.29) is 16.7 Å². The lowest BCUT2D eigenvalue weighted by atomic mass is 9.59. The SMILES string of the molecule is CC1C(C)C2(COCC(C)(C)O)C(c3[nH]ncc3C#N)C12C. The van der Waals surface area contributed by atoms with E-state index in [1.54, 1.807) is 20.0 Å². The Hall–Kier alpha value is -1.38. The summed E-state index contributed by atoms with van der Waals surface area (Å²) < 4.78 is 5.87. The highest BCUT2D eigenvalue weighted by Crippen LogP contribution is 2.89. The number of nitrogens with zero attached hydrogens (tertiary/aromatic N) is 2. The molecule has 0 saturated heterocycles. The number of nitrogens with one attached hydrogen (secondary N) is 1. The summed E-state index contributed by atoms with van der Waals surface area (Å²) in [4.78, 5) is 0. The third-order valence-corrected chi connectivity index (χ3v) is 6.42. The Balaban J connectivity index is 1.84. The molecule has 0 spiro atoms. The van der Waals surface area contributed by atoms with Gasteiger partial charge in [0.1, 0.15) is 6.07 Å². The molecule has 120 valence electrons. The number of ether oxygens (including phenoxy) is 1. The van der Waals surface area contributed by atoms with Crippen molar-refractivity contribution < 1.29 is 9.84 Å². The average Bonchev–Trinajstić information content (AvgIpc) is 2.75. The summed E-state index contributed by atoms with van der Waals surface area (Å²) in [5, 5.41) is 26.2. The van der Waals surface area contributed by atoms with Crippen molar-refractivity contribution in [2.75, 3.05) is 13.2 Å². The smallest absolute Gasteiger partial charge is 0.103 e. The third kappa shape index (κ3) is 1.74. The normalized spacial score (nSPS) is 39.8. The molecule has 0 amide bonds. The molecular formula is C17H25N3O2. The summed E-state index contributed by atoms with van der Waals surface area (Å²) >= 11 is 0. The van der Waals surface area contributed by atoms with Crippen molar-refractivity contribution in [3.05, 3.63) is 17.5 Å². The minimum atomic E-state index is -0.818. The van der Waals surface area contributed by atoms with Crippen LogP contribution >= 0.6 is 0 Å². The highest BCUT2D eigenvalue weighted by molar-refractivity contribution is 5.48. The number of H-pyrrole nitrogens is 1. The molecule has 3 rings (SSSR count). The van der Waals surface area contributed by atoms with E-state index in [0.29, 0.717) is 30.6 Å². The maximum absolute atomic E-state index is 9.85. The topological polar surface area (TPSA) is 81.9 Å². The Morgan fingerprint density at radius 3 is 2.73 bits per heavy atom. The molecule has 5 nitrogen and oxygen atoms in total. The predicted octanol–water partition coefficient (Wildman–Crippen LogP) is 2.44. The molecule has 2 aliphatic rings. The van der Waals surface area contributed by atoms with Gasteiger partial charge in [-0.25, -0.2) is 0 Å². The second-order valence-corrected chi connectivity index (χ2v) is 7.95. The van der Waals surface area contributed by atoms with Gasteiger partial charge in [0, 0.05) is 11.3 Å². The molecule has 5 unspecified atom stereocenters. The standard InChI is InChI=1S/C17H25N3O2/c1-10-11(2)17(9-22-8-15(3,4)21)14(16(10,17)5)13-12(6-18)7-19-20-13/h7,10-11,14,21H,8-9H2,1-5H3,(H,19,20). The van der Waals surface area contributed by atoms with Crippen LogP contribution in [-0.4, -0.2) is 34.1 Å². The zero-order valence-electron chi connectivity index (χ0n) is 14.0. The van der Waals surface area contributed by atoms with Crippen molar-refractivity contribution in [3.63, 3.8) is 0 Å². The summed E-state index contributed by atoms with van der Waals surface area (Å²) in [5.74, 6) is 1.39. The van der Waals surface area contributed by atoms with E-state index in [4.69, 9.17) is 4.74 Å². The van der Waals surface area contributed by atoms with Gasteiger partial charge in [-0.1, -0.05) is 20.8 Å². The molecule has 0 aliphatic heterocycles. The monoisotopic (exact) mass is 303 g/mol. The molecule has 1 aromatic rings. The number of hydrogen-bond acceptors (Lipinski definition) is 4. The Morgan fingerprint density at radius 1 is 1.45 bits per heavy atom. The van der Waals surface area contributed by atoms with Crippen LogP contribution in [0.5, 0.6) is 0 Å². The average molecular weight is 303 g/mol. The van der Waals surface area contributed by atoms with Crippen LogP contribution in [0.4, 0.5) is 0 Å². The van der Waals surface area contributed by atoms with Crippen LogP contribution in [0.25, 0.3) is 0 Å². The number of hydrogen-bond donors (Lipinski definition) is 2. The second kappa shape index (κ2) is 4.56. The van der Waals surface area contributed by atoms with Crippen LogP contribution < -0.4 is 0 Å². The second-order valence-electron chi connectivity index (χ2n) is 7.95. The molecule has 2 aliphatic carbocycles. The van der Waals surface area contributed by atoms with E-state index >= 15 is 0 Å². The molecule has 2 fully saturated rings. The molecular weight excluding hydrogens is 278 g/mol. The third-order valence-electron chi connectivity index (χ3n) is 6.42. The molecule has 0 aromatic carbocycles. The van der Waals surface area contributed by atoms with Gasteiger partial charge in [-0.3, -0.25) is 5.10 Å². The minimum absolute atomic E-state index is 0.0514. The Kier molecular flexibility index (Phi) is 3.22. The largest absolute Gasteiger partial charge is 0.388 e. The van der Waals surface area contributed by atoms with E-state index < -0.39 is 5.60 Å². The number of aliphatic hydroxyl groups is 1. The molecule has 5 atom stereocenters. The van der Waals surface area contributed by atoms with Crippen molar-refractivity contribution in [2.24, 2.45) is 22.7 Å². The molecule has 1 aromatic heterocycles. The number of aromatic amines is 1. The van der Waals surface area contributed by atoms with Gasteiger partial charge in [0.05, 0.1) is 36.3 Å². The molecule has 0 radical (unpaired) electrons. The lowest BCUT2D eigenvalue weighted by molar-refractivity contribution is -0.0854. The van der Waals surface area contributed by atoms with Gasteiger partial charge in [-0.05, 0) is 31.1 Å². The van der Waals surface area contributed by atoms with Crippen LogP contribution in [0.2, 0.25) is 0 Å². The van der Waals surface area contributed by atoms with Crippen molar-refractivity contribution in [1.82, 2.24) is 10.2 Å². The van der Waals surface area contributed by atoms with Crippen LogP contribution in [0, 0.1) is 34.0 Å². The molecule has 22 heavy (non-hydrogen) atoms. The highest BCUT2D eigenvalue weighted by atomic mass is 16.5. The predicted molar refractivity (Wildman–Crippen MR) is 82.0 cm³/mol. The zero-order valence-corrected chi connectivity index (χ0v) is 14.0. The fourth-order valence-electron chi connectivity index (χ4n) is 5.06. The fraction of sp³-hybridized carbons (Fsp3) is 0.765. The molecule has 2 N–H and O–H groups in total. The maximum Gasteiger partial charge on any atom is 0.103 e. The summed E-state index contributed by atoms with van der Waals surface area (Å²) in [6.07, 6.45) is 1.61. The van der Waals surface area contributed by atoms with E-state index in [9.17, 15) is 10.4 Å². The lowest BCUT2D eigenvalue weighted by Crippen LogP contribution is -2.45. The Labute approximate surface area is 131 Å². The van der Waals surface area contributed by atoms with Crippen LogP contribution in [0.1, 0.15) is 51.8 Å². The fourth-order valence-corrected chi connectivity index (χ4v) is 5.06. The van der Waals surface area contributed by atoms with Gasteiger partial charge >= 0.3 is 0 Å². The van der Waals surface area contributed by atoms with Crippen molar-refractivity contribution in [2.45, 2.75) is 46.1 Å². The van der Waals surface area contributed by atoms with Gasteiger partial charge in [-0.15, -0.1) is 0 Å². The van der Waals surface area contributed by atoms with Crippen LogP contribution in [0.15, 0.2) is 6.20 Å². The van der Waals surface area contributed by atoms with Crippen molar-refractivity contribution >= 4 is 0 Å². The van der Waals surface area contributed by atoms with Crippen LogP contribution in [0.3, 0.4) is 0 Å². The summed E-state index contributed by atoms with van der Waals surface area (Å²) in [5.41, 5.74) is 0.969.